The van der Waals surface area contributed by atoms with Crippen molar-refractivity contribution in [2.45, 2.75) is 65.0 Å². The Labute approximate surface area is 114 Å². The Morgan fingerprint density at radius 3 is 2.47 bits per heavy atom. The Hall–Kier alpha value is -1.26. The van der Waals surface area contributed by atoms with E-state index in [0.717, 1.165) is 25.7 Å². The largest absolute Gasteiger partial charge is 0.480 e. The van der Waals surface area contributed by atoms with Gasteiger partial charge in [-0.3, -0.25) is 4.90 Å². The number of nitrogens with zero attached hydrogens (tertiary/aromatic N) is 1. The van der Waals surface area contributed by atoms with Crippen molar-refractivity contribution in [1.82, 2.24) is 4.90 Å². The molecule has 5 heteroatoms. The van der Waals surface area contributed by atoms with Gasteiger partial charge in [0.2, 0.25) is 0 Å². The molecule has 19 heavy (non-hydrogen) atoms. The number of carboxylic acids is 1. The van der Waals surface area contributed by atoms with Crippen LogP contribution < -0.4 is 0 Å². The van der Waals surface area contributed by atoms with Gasteiger partial charge >= 0.3 is 12.1 Å². The van der Waals surface area contributed by atoms with Crippen molar-refractivity contribution in [2.75, 3.05) is 6.54 Å². The summed E-state index contributed by atoms with van der Waals surface area (Å²) < 4.78 is 5.28. The lowest BCUT2D eigenvalue weighted by Gasteiger charge is -2.28. The van der Waals surface area contributed by atoms with Gasteiger partial charge in [-0.1, -0.05) is 19.8 Å². The van der Waals surface area contributed by atoms with Crippen LogP contribution in [0.4, 0.5) is 4.79 Å². The molecule has 2 atom stereocenters. The SMILES string of the molecule is CCCC[C@H]1CCN(C(=O)OC(C)(C)C)[C@@H]1C(=O)O. The zero-order chi connectivity index (χ0) is 14.6. The first-order valence-corrected chi connectivity index (χ1v) is 6.98. The summed E-state index contributed by atoms with van der Waals surface area (Å²) in [5, 5.41) is 9.35. The molecule has 1 N–H and O–H groups in total. The zero-order valence-corrected chi connectivity index (χ0v) is 12.3. The third-order valence-corrected chi connectivity index (χ3v) is 3.33. The number of carbonyl (C=O) groups excluding carboxylic acids is 1. The summed E-state index contributed by atoms with van der Waals surface area (Å²) in [6, 6.07) is -0.735. The van der Waals surface area contributed by atoms with Gasteiger partial charge in [-0.05, 0) is 39.5 Å². The molecular weight excluding hydrogens is 246 g/mol. The highest BCUT2D eigenvalue weighted by atomic mass is 16.6. The summed E-state index contributed by atoms with van der Waals surface area (Å²) in [7, 11) is 0. The number of amides is 1. The first kappa shape index (κ1) is 15.8. The van der Waals surface area contributed by atoms with Crippen molar-refractivity contribution < 1.29 is 19.4 Å². The quantitative estimate of drug-likeness (QED) is 0.853. The predicted octanol–water partition coefficient (Wildman–Crippen LogP) is 2.89. The average molecular weight is 271 g/mol. The number of hydrogen-bond donors (Lipinski definition) is 1. The highest BCUT2D eigenvalue weighted by molar-refractivity contribution is 5.81. The minimum Gasteiger partial charge on any atom is -0.480 e. The predicted molar refractivity (Wildman–Crippen MR) is 72.0 cm³/mol. The lowest BCUT2D eigenvalue weighted by molar-refractivity contribution is -0.143. The number of rotatable bonds is 4. The summed E-state index contributed by atoms with van der Waals surface area (Å²) in [6.45, 7) is 7.90. The van der Waals surface area contributed by atoms with E-state index >= 15 is 0 Å². The molecular formula is C14H25NO4. The van der Waals surface area contributed by atoms with E-state index in [1.165, 1.54) is 4.90 Å². The van der Waals surface area contributed by atoms with Crippen LogP contribution in [-0.4, -0.2) is 40.3 Å². The van der Waals surface area contributed by atoms with E-state index in [1.54, 1.807) is 20.8 Å². The maximum absolute atomic E-state index is 12.0. The number of hydrogen-bond acceptors (Lipinski definition) is 3. The van der Waals surface area contributed by atoms with E-state index in [4.69, 9.17) is 4.74 Å². The van der Waals surface area contributed by atoms with Gasteiger partial charge in [0.25, 0.3) is 0 Å². The Bertz CT molecular complexity index is 335. The van der Waals surface area contributed by atoms with Crippen LogP contribution >= 0.6 is 0 Å². The van der Waals surface area contributed by atoms with Gasteiger partial charge < -0.3 is 9.84 Å². The maximum atomic E-state index is 12.0. The van der Waals surface area contributed by atoms with Crippen LogP contribution in [0.15, 0.2) is 0 Å². The van der Waals surface area contributed by atoms with Crippen molar-refractivity contribution in [3.63, 3.8) is 0 Å². The summed E-state index contributed by atoms with van der Waals surface area (Å²) in [6.07, 6.45) is 3.12. The van der Waals surface area contributed by atoms with Crippen molar-refractivity contribution >= 4 is 12.1 Å². The maximum Gasteiger partial charge on any atom is 0.411 e. The van der Waals surface area contributed by atoms with Crippen LogP contribution in [0.2, 0.25) is 0 Å². The number of likely N-dealkylation sites (tertiary alicyclic amines) is 1. The monoisotopic (exact) mass is 271 g/mol. The Morgan fingerprint density at radius 2 is 2.00 bits per heavy atom. The Balaban J connectivity index is 2.73. The normalized spacial score (nSPS) is 23.5. The van der Waals surface area contributed by atoms with Crippen LogP contribution in [0.5, 0.6) is 0 Å². The lowest BCUT2D eigenvalue weighted by atomic mass is 9.94. The fourth-order valence-electron chi connectivity index (χ4n) is 2.49. The smallest absolute Gasteiger partial charge is 0.411 e. The first-order valence-electron chi connectivity index (χ1n) is 6.98. The zero-order valence-electron chi connectivity index (χ0n) is 12.3. The topological polar surface area (TPSA) is 66.8 Å². The van der Waals surface area contributed by atoms with Crippen molar-refractivity contribution in [1.29, 1.82) is 0 Å². The van der Waals surface area contributed by atoms with E-state index in [-0.39, 0.29) is 5.92 Å². The Morgan fingerprint density at radius 1 is 1.37 bits per heavy atom. The fourth-order valence-corrected chi connectivity index (χ4v) is 2.49. The number of aliphatic carboxylic acids is 1. The molecule has 0 unspecified atom stereocenters. The second kappa shape index (κ2) is 6.26. The van der Waals surface area contributed by atoms with E-state index < -0.39 is 23.7 Å². The van der Waals surface area contributed by atoms with E-state index in [1.807, 2.05) is 0 Å². The van der Waals surface area contributed by atoms with Gasteiger partial charge in [0.05, 0.1) is 0 Å². The van der Waals surface area contributed by atoms with Gasteiger partial charge in [0.15, 0.2) is 0 Å². The molecule has 110 valence electrons. The van der Waals surface area contributed by atoms with Gasteiger partial charge in [-0.15, -0.1) is 0 Å². The highest BCUT2D eigenvalue weighted by Crippen LogP contribution is 2.30. The standard InChI is InChI=1S/C14H25NO4/c1-5-6-7-10-8-9-15(11(10)12(16)17)13(18)19-14(2,3)4/h10-11H,5-9H2,1-4H3,(H,16,17)/t10-,11-/m0/s1. The minimum atomic E-state index is -0.926. The summed E-state index contributed by atoms with van der Waals surface area (Å²) in [5.41, 5.74) is -0.596. The summed E-state index contributed by atoms with van der Waals surface area (Å²) in [4.78, 5) is 24.8. The molecule has 1 aliphatic heterocycles. The Kier molecular flexibility index (Phi) is 5.20. The molecule has 0 bridgehead atoms. The molecule has 1 heterocycles. The molecule has 0 spiro atoms. The molecule has 0 aromatic heterocycles. The van der Waals surface area contributed by atoms with Crippen molar-refractivity contribution in [3.05, 3.63) is 0 Å². The average Bonchev–Trinajstić information content (AvgIpc) is 2.67. The summed E-state index contributed by atoms with van der Waals surface area (Å²) >= 11 is 0. The number of carboxylic acid groups (broad SMARTS) is 1. The van der Waals surface area contributed by atoms with Crippen LogP contribution in [0.25, 0.3) is 0 Å². The molecule has 1 fully saturated rings. The molecule has 1 amide bonds. The molecule has 0 radical (unpaired) electrons. The van der Waals surface area contributed by atoms with Crippen molar-refractivity contribution in [3.8, 4) is 0 Å². The van der Waals surface area contributed by atoms with Crippen LogP contribution in [0.1, 0.15) is 53.4 Å². The molecule has 1 saturated heterocycles. The minimum absolute atomic E-state index is 0.0463. The van der Waals surface area contributed by atoms with E-state index in [2.05, 4.69) is 6.92 Å². The third-order valence-electron chi connectivity index (χ3n) is 3.33. The fraction of sp³-hybridized carbons (Fsp3) is 0.857. The van der Waals surface area contributed by atoms with Crippen LogP contribution in [0, 0.1) is 5.92 Å². The second-order valence-electron chi connectivity index (χ2n) is 6.15. The molecule has 1 aliphatic rings. The van der Waals surface area contributed by atoms with Gasteiger partial charge in [0, 0.05) is 6.54 Å². The van der Waals surface area contributed by atoms with Crippen LogP contribution in [-0.2, 0) is 9.53 Å². The molecule has 0 saturated carbocycles. The van der Waals surface area contributed by atoms with Gasteiger partial charge in [-0.2, -0.15) is 0 Å². The molecule has 5 nitrogen and oxygen atoms in total. The summed E-state index contributed by atoms with van der Waals surface area (Å²) in [5.74, 6) is -0.880. The second-order valence-corrected chi connectivity index (χ2v) is 6.15. The molecule has 0 aromatic carbocycles. The first-order chi connectivity index (χ1) is 8.76. The van der Waals surface area contributed by atoms with Gasteiger partial charge in [0.1, 0.15) is 11.6 Å². The molecule has 1 rings (SSSR count). The van der Waals surface area contributed by atoms with Crippen LogP contribution in [0.3, 0.4) is 0 Å². The lowest BCUT2D eigenvalue weighted by Crippen LogP contribution is -2.45. The van der Waals surface area contributed by atoms with E-state index in [0.29, 0.717) is 6.54 Å². The molecule has 0 aliphatic carbocycles. The third kappa shape index (κ3) is 4.40. The van der Waals surface area contributed by atoms with E-state index in [9.17, 15) is 14.7 Å². The van der Waals surface area contributed by atoms with Crippen molar-refractivity contribution in [2.24, 2.45) is 5.92 Å². The molecule has 0 aromatic rings. The number of ether oxygens (including phenoxy) is 1. The number of carbonyl (C=O) groups is 2. The number of unbranched alkanes of at least 4 members (excludes halogenated alkanes) is 1. The van der Waals surface area contributed by atoms with Gasteiger partial charge in [-0.25, -0.2) is 9.59 Å². The highest BCUT2D eigenvalue weighted by Gasteiger charge is 2.42.